The van der Waals surface area contributed by atoms with E-state index in [0.29, 0.717) is 11.0 Å². The van der Waals surface area contributed by atoms with E-state index in [1.807, 2.05) is 19.0 Å². The molecule has 1 aromatic rings. The predicted molar refractivity (Wildman–Crippen MR) is 106 cm³/mol. The molecule has 0 aromatic heterocycles. The second-order valence-corrected chi connectivity index (χ2v) is 9.72. The standard InChI is InChI=1S/C17H26BrN3O5S/c1-17(2,3)26-15(22)11-21(9-8-20(4)5)16(23)13-10-12(27(19,24)25)6-7-14(13)18/h6-7,10H,8-9,11H2,1-5H3,(H2,19,24,25). The van der Waals surface area contributed by atoms with Crippen LogP contribution >= 0.6 is 15.9 Å². The number of esters is 1. The molecule has 8 nitrogen and oxygen atoms in total. The van der Waals surface area contributed by atoms with Gasteiger partial charge in [-0.05, 0) is 69.0 Å². The van der Waals surface area contributed by atoms with Crippen molar-refractivity contribution < 1.29 is 22.7 Å². The van der Waals surface area contributed by atoms with Gasteiger partial charge in [0.15, 0.2) is 0 Å². The minimum absolute atomic E-state index is 0.101. The quantitative estimate of drug-likeness (QED) is 0.612. The van der Waals surface area contributed by atoms with Crippen molar-refractivity contribution in [1.82, 2.24) is 9.80 Å². The average Bonchev–Trinajstić information content (AvgIpc) is 2.48. The maximum atomic E-state index is 13.0. The van der Waals surface area contributed by atoms with Crippen LogP contribution in [0, 0.1) is 0 Å². The van der Waals surface area contributed by atoms with Crippen LogP contribution in [-0.4, -0.2) is 69.4 Å². The molecule has 0 atom stereocenters. The summed E-state index contributed by atoms with van der Waals surface area (Å²) in [6.45, 7) is 5.74. The molecule has 1 aromatic carbocycles. The van der Waals surface area contributed by atoms with Crippen LogP contribution in [0.4, 0.5) is 0 Å². The Balaban J connectivity index is 3.17. The summed E-state index contributed by atoms with van der Waals surface area (Å²) in [5.74, 6) is -1.05. The van der Waals surface area contributed by atoms with Gasteiger partial charge in [-0.25, -0.2) is 13.6 Å². The van der Waals surface area contributed by atoms with E-state index in [4.69, 9.17) is 9.88 Å². The average molecular weight is 464 g/mol. The monoisotopic (exact) mass is 463 g/mol. The van der Waals surface area contributed by atoms with Crippen molar-refractivity contribution in [2.45, 2.75) is 31.3 Å². The molecule has 0 aliphatic heterocycles. The van der Waals surface area contributed by atoms with Gasteiger partial charge >= 0.3 is 5.97 Å². The number of nitrogens with two attached hydrogens (primary N) is 1. The van der Waals surface area contributed by atoms with Crippen LogP contribution in [0.1, 0.15) is 31.1 Å². The molecule has 10 heteroatoms. The van der Waals surface area contributed by atoms with E-state index in [9.17, 15) is 18.0 Å². The van der Waals surface area contributed by atoms with Crippen molar-refractivity contribution in [3.63, 3.8) is 0 Å². The van der Waals surface area contributed by atoms with E-state index >= 15 is 0 Å². The van der Waals surface area contributed by atoms with Gasteiger partial charge in [0.05, 0.1) is 10.5 Å². The molecule has 0 fully saturated rings. The third-order valence-corrected chi connectivity index (χ3v) is 4.94. The highest BCUT2D eigenvalue weighted by Crippen LogP contribution is 2.22. The summed E-state index contributed by atoms with van der Waals surface area (Å²) >= 11 is 3.25. The molecule has 0 spiro atoms. The number of hydrogen-bond acceptors (Lipinski definition) is 6. The predicted octanol–water partition coefficient (Wildman–Crippen LogP) is 1.44. The van der Waals surface area contributed by atoms with Crippen molar-refractivity contribution >= 4 is 37.8 Å². The molecule has 27 heavy (non-hydrogen) atoms. The number of halogens is 1. The first-order valence-electron chi connectivity index (χ1n) is 8.19. The lowest BCUT2D eigenvalue weighted by atomic mass is 10.2. The molecular weight excluding hydrogens is 438 g/mol. The van der Waals surface area contributed by atoms with Crippen LogP contribution in [0.25, 0.3) is 0 Å². The van der Waals surface area contributed by atoms with Gasteiger partial charge in [-0.3, -0.25) is 9.59 Å². The highest BCUT2D eigenvalue weighted by atomic mass is 79.9. The molecule has 0 aliphatic carbocycles. The Kier molecular flexibility index (Phi) is 7.97. The summed E-state index contributed by atoms with van der Waals surface area (Å²) in [6, 6.07) is 3.93. The molecule has 0 heterocycles. The number of likely N-dealkylation sites (N-methyl/N-ethyl adjacent to an activating group) is 1. The zero-order valence-corrected chi connectivity index (χ0v) is 18.6. The molecule has 0 aliphatic rings. The molecule has 0 bridgehead atoms. The molecule has 1 amide bonds. The summed E-state index contributed by atoms with van der Waals surface area (Å²) in [5, 5.41) is 5.15. The number of primary sulfonamides is 1. The second-order valence-electron chi connectivity index (χ2n) is 7.30. The van der Waals surface area contributed by atoms with E-state index in [1.165, 1.54) is 23.1 Å². The van der Waals surface area contributed by atoms with Gasteiger partial charge in [0.25, 0.3) is 5.91 Å². The third-order valence-electron chi connectivity index (χ3n) is 3.34. The maximum Gasteiger partial charge on any atom is 0.326 e. The molecule has 0 saturated carbocycles. The smallest absolute Gasteiger partial charge is 0.326 e. The van der Waals surface area contributed by atoms with Crippen LogP contribution in [0.2, 0.25) is 0 Å². The van der Waals surface area contributed by atoms with Gasteiger partial charge in [-0.1, -0.05) is 0 Å². The Hall–Kier alpha value is -1.49. The number of sulfonamides is 1. The number of nitrogens with zero attached hydrogens (tertiary/aromatic N) is 2. The number of ether oxygens (including phenoxy) is 1. The number of rotatable bonds is 7. The lowest BCUT2D eigenvalue weighted by Gasteiger charge is -2.26. The van der Waals surface area contributed by atoms with Crippen LogP contribution in [-0.2, 0) is 19.6 Å². The van der Waals surface area contributed by atoms with Crippen LogP contribution in [0.5, 0.6) is 0 Å². The van der Waals surface area contributed by atoms with Gasteiger partial charge in [0, 0.05) is 17.6 Å². The van der Waals surface area contributed by atoms with Crippen molar-refractivity contribution in [1.29, 1.82) is 0 Å². The summed E-state index contributed by atoms with van der Waals surface area (Å²) in [6.07, 6.45) is 0. The first-order chi connectivity index (χ1) is 12.2. The fraction of sp³-hybridized carbons (Fsp3) is 0.529. The highest BCUT2D eigenvalue weighted by Gasteiger charge is 2.25. The molecule has 0 radical (unpaired) electrons. The van der Waals surface area contributed by atoms with Crippen molar-refractivity contribution in [2.75, 3.05) is 33.7 Å². The molecule has 0 unspecified atom stereocenters. The van der Waals surface area contributed by atoms with E-state index in [0.717, 1.165) is 0 Å². The number of benzene rings is 1. The minimum atomic E-state index is -3.97. The minimum Gasteiger partial charge on any atom is -0.459 e. The second kappa shape index (κ2) is 9.13. The van der Waals surface area contributed by atoms with Crippen LogP contribution in [0.15, 0.2) is 27.6 Å². The molecular formula is C17H26BrN3O5S. The van der Waals surface area contributed by atoms with Gasteiger partial charge < -0.3 is 14.5 Å². The number of hydrogen-bond donors (Lipinski definition) is 1. The molecule has 2 N–H and O–H groups in total. The van der Waals surface area contributed by atoms with E-state index < -0.39 is 27.5 Å². The number of carbonyl (C=O) groups excluding carboxylic acids is 2. The fourth-order valence-corrected chi connectivity index (χ4v) is 3.07. The maximum absolute atomic E-state index is 13.0. The molecule has 1 rings (SSSR count). The first-order valence-corrected chi connectivity index (χ1v) is 10.5. The number of carbonyl (C=O) groups is 2. The summed E-state index contributed by atoms with van der Waals surface area (Å²) in [4.78, 5) is 28.2. The van der Waals surface area contributed by atoms with Crippen LogP contribution < -0.4 is 5.14 Å². The Morgan fingerprint density at radius 2 is 1.78 bits per heavy atom. The zero-order chi connectivity index (χ0) is 21.0. The Morgan fingerprint density at radius 3 is 2.26 bits per heavy atom. The molecule has 152 valence electrons. The Labute approximate surface area is 168 Å². The topological polar surface area (TPSA) is 110 Å². The molecule has 0 saturated heterocycles. The van der Waals surface area contributed by atoms with Gasteiger partial charge in [0.2, 0.25) is 10.0 Å². The lowest BCUT2D eigenvalue weighted by molar-refractivity contribution is -0.155. The van der Waals surface area contributed by atoms with Gasteiger partial charge in [0.1, 0.15) is 12.1 Å². The zero-order valence-electron chi connectivity index (χ0n) is 16.2. The Morgan fingerprint density at radius 1 is 1.19 bits per heavy atom. The van der Waals surface area contributed by atoms with Gasteiger partial charge in [-0.2, -0.15) is 0 Å². The Bertz CT molecular complexity index is 803. The van der Waals surface area contributed by atoms with E-state index in [1.54, 1.807) is 20.8 Å². The van der Waals surface area contributed by atoms with Gasteiger partial charge in [-0.15, -0.1) is 0 Å². The highest BCUT2D eigenvalue weighted by molar-refractivity contribution is 9.10. The first kappa shape index (κ1) is 23.5. The van der Waals surface area contributed by atoms with Crippen molar-refractivity contribution in [3.05, 3.63) is 28.2 Å². The van der Waals surface area contributed by atoms with E-state index in [-0.39, 0.29) is 23.5 Å². The lowest BCUT2D eigenvalue weighted by Crippen LogP contribution is -2.42. The summed E-state index contributed by atoms with van der Waals surface area (Å²) < 4.78 is 28.9. The van der Waals surface area contributed by atoms with Crippen LogP contribution in [0.3, 0.4) is 0 Å². The third kappa shape index (κ3) is 7.96. The van der Waals surface area contributed by atoms with E-state index in [2.05, 4.69) is 15.9 Å². The fourth-order valence-electron chi connectivity index (χ4n) is 2.12. The normalized spacial score (nSPS) is 12.1. The largest absolute Gasteiger partial charge is 0.459 e. The number of amides is 1. The van der Waals surface area contributed by atoms with Crippen molar-refractivity contribution in [3.8, 4) is 0 Å². The van der Waals surface area contributed by atoms with Crippen molar-refractivity contribution in [2.24, 2.45) is 5.14 Å². The SMILES string of the molecule is CN(C)CCN(CC(=O)OC(C)(C)C)C(=O)c1cc(S(N)(=O)=O)ccc1Br. The summed E-state index contributed by atoms with van der Waals surface area (Å²) in [5.41, 5.74) is -0.578. The summed E-state index contributed by atoms with van der Waals surface area (Å²) in [7, 11) is -0.284.